The number of nitrogens with zero attached hydrogens (tertiary/aromatic N) is 4. The van der Waals surface area contributed by atoms with Gasteiger partial charge in [0.25, 0.3) is 0 Å². The molecule has 5 N–H and O–H groups in total. The fourth-order valence-corrected chi connectivity index (χ4v) is 8.66. The first-order valence-corrected chi connectivity index (χ1v) is 20.5. The van der Waals surface area contributed by atoms with E-state index < -0.39 is 24.3 Å². The minimum atomic E-state index is -1.21. The van der Waals surface area contributed by atoms with Gasteiger partial charge in [0.05, 0.1) is 43.0 Å². The Balaban J connectivity index is 1.04. The molecular formula is C45H54N8O6. The molecule has 2 unspecified atom stereocenters. The number of carboxylic acid groups (broad SMARTS) is 1. The standard InChI is InChI=1S/C45H54N8O6/c1-24(2)38(50-44(56)57)42(54)52-26(5)8-18-36(52)40-46-22-34(48-40)29-12-10-28(11-13-29)30-14-15-32-21-33(17-16-31(32)20-30)35-23-47-41(49-35)37-19-9-27(6)53(37)43(55)39(25(3)4)51-45(58)59-7/h10-17,20-27,36-39,50H,8-9,18-19H2,1-7H3,(H,46,48)(H,47,49)(H,51,58)(H,56,57)/t26?,27?,36-,37-,38-,39-/m0/s1. The van der Waals surface area contributed by atoms with E-state index in [9.17, 15) is 24.3 Å². The summed E-state index contributed by atoms with van der Waals surface area (Å²) < 4.78 is 4.79. The van der Waals surface area contributed by atoms with E-state index in [0.717, 1.165) is 75.9 Å². The molecule has 2 aliphatic heterocycles. The van der Waals surface area contributed by atoms with Crippen LogP contribution in [0.2, 0.25) is 0 Å². The molecule has 0 saturated carbocycles. The zero-order valence-corrected chi connectivity index (χ0v) is 34.7. The largest absolute Gasteiger partial charge is 0.465 e. The molecule has 310 valence electrons. The van der Waals surface area contributed by atoms with E-state index in [1.165, 1.54) is 7.11 Å². The summed E-state index contributed by atoms with van der Waals surface area (Å²) in [6.45, 7) is 11.5. The summed E-state index contributed by atoms with van der Waals surface area (Å²) in [6, 6.07) is 18.9. The van der Waals surface area contributed by atoms with Crippen molar-refractivity contribution < 1.29 is 29.0 Å². The van der Waals surface area contributed by atoms with Crippen LogP contribution in [0.15, 0.2) is 73.1 Å². The van der Waals surface area contributed by atoms with E-state index >= 15 is 0 Å². The van der Waals surface area contributed by atoms with E-state index in [0.29, 0.717) is 5.82 Å². The first-order chi connectivity index (χ1) is 28.2. The van der Waals surface area contributed by atoms with Crippen LogP contribution in [0.3, 0.4) is 0 Å². The van der Waals surface area contributed by atoms with Crippen LogP contribution in [0.25, 0.3) is 44.4 Å². The van der Waals surface area contributed by atoms with Gasteiger partial charge in [-0.2, -0.15) is 0 Å². The summed E-state index contributed by atoms with van der Waals surface area (Å²) in [7, 11) is 1.29. The van der Waals surface area contributed by atoms with Gasteiger partial charge in [-0.25, -0.2) is 19.6 Å². The lowest BCUT2D eigenvalue weighted by Crippen LogP contribution is -2.52. The summed E-state index contributed by atoms with van der Waals surface area (Å²) >= 11 is 0. The van der Waals surface area contributed by atoms with Gasteiger partial charge < -0.3 is 40.2 Å². The number of carbonyl (C=O) groups is 4. The first-order valence-electron chi connectivity index (χ1n) is 20.5. The fourth-order valence-electron chi connectivity index (χ4n) is 8.66. The third-order valence-electron chi connectivity index (χ3n) is 12.0. The number of aromatic nitrogens is 4. The highest BCUT2D eigenvalue weighted by atomic mass is 16.5. The second-order valence-corrected chi connectivity index (χ2v) is 16.6. The number of nitrogens with one attached hydrogen (secondary N) is 4. The molecule has 7 rings (SSSR count). The number of methoxy groups -OCH3 is 1. The zero-order chi connectivity index (χ0) is 42.1. The maximum absolute atomic E-state index is 13.8. The molecule has 2 fully saturated rings. The number of ether oxygens (including phenoxy) is 1. The van der Waals surface area contributed by atoms with Crippen LogP contribution in [0.4, 0.5) is 9.59 Å². The van der Waals surface area contributed by atoms with Crippen molar-refractivity contribution >= 4 is 34.8 Å². The van der Waals surface area contributed by atoms with Gasteiger partial charge in [-0.15, -0.1) is 0 Å². The molecule has 0 radical (unpaired) electrons. The number of rotatable bonds is 11. The van der Waals surface area contributed by atoms with Crippen LogP contribution >= 0.6 is 0 Å². The van der Waals surface area contributed by atoms with Crippen molar-refractivity contribution in [1.82, 2.24) is 40.4 Å². The van der Waals surface area contributed by atoms with Gasteiger partial charge in [0, 0.05) is 17.6 Å². The highest BCUT2D eigenvalue weighted by Gasteiger charge is 2.42. The maximum Gasteiger partial charge on any atom is 0.407 e. The van der Waals surface area contributed by atoms with Crippen molar-refractivity contribution in [3.05, 3.63) is 84.7 Å². The Morgan fingerprint density at radius 3 is 1.59 bits per heavy atom. The van der Waals surface area contributed by atoms with Crippen LogP contribution in [0.1, 0.15) is 91.0 Å². The Bertz CT molecular complexity index is 2330. The van der Waals surface area contributed by atoms with Crippen molar-refractivity contribution in [3.8, 4) is 33.6 Å². The van der Waals surface area contributed by atoms with Crippen LogP contribution in [0, 0.1) is 11.8 Å². The number of fused-ring (bicyclic) bond motifs is 1. The second kappa shape index (κ2) is 17.0. The molecule has 2 aromatic heterocycles. The predicted molar refractivity (Wildman–Crippen MR) is 225 cm³/mol. The summed E-state index contributed by atoms with van der Waals surface area (Å²) in [5.41, 5.74) is 5.80. The number of benzene rings is 3. The van der Waals surface area contributed by atoms with E-state index in [2.05, 4.69) is 86.2 Å². The lowest BCUT2D eigenvalue weighted by atomic mass is 9.98. The Kier molecular flexibility index (Phi) is 11.8. The highest BCUT2D eigenvalue weighted by molar-refractivity contribution is 5.91. The molecule has 4 amide bonds. The molecule has 5 aromatic rings. The van der Waals surface area contributed by atoms with E-state index in [1.54, 1.807) is 11.1 Å². The van der Waals surface area contributed by atoms with Crippen LogP contribution in [-0.2, 0) is 14.3 Å². The molecule has 0 spiro atoms. The second-order valence-electron chi connectivity index (χ2n) is 16.6. The average molecular weight is 803 g/mol. The van der Waals surface area contributed by atoms with Gasteiger partial charge in [0.1, 0.15) is 23.7 Å². The molecule has 14 heteroatoms. The topological polar surface area (TPSA) is 186 Å². The molecule has 3 aromatic carbocycles. The Morgan fingerprint density at radius 1 is 0.661 bits per heavy atom. The molecule has 59 heavy (non-hydrogen) atoms. The van der Waals surface area contributed by atoms with Crippen molar-refractivity contribution in [2.75, 3.05) is 7.11 Å². The number of imidazole rings is 2. The summed E-state index contributed by atoms with van der Waals surface area (Å²) in [6.07, 6.45) is 4.91. The fraction of sp³-hybridized carbons (Fsp3) is 0.422. The van der Waals surface area contributed by atoms with Gasteiger partial charge in [0.2, 0.25) is 11.8 Å². The van der Waals surface area contributed by atoms with Crippen LogP contribution in [-0.4, -0.2) is 90.1 Å². The molecule has 0 bridgehead atoms. The Labute approximate surface area is 344 Å². The van der Waals surface area contributed by atoms with Gasteiger partial charge >= 0.3 is 12.2 Å². The first kappa shape index (κ1) is 41.0. The molecule has 0 aliphatic carbocycles. The SMILES string of the molecule is COC(=O)N[C@H](C(=O)N1C(C)CC[C@H]1c1ncc(-c2ccc3cc(-c4ccc(-c5cnc([C@@H]6CCC(C)N6C(=O)[C@@H](NC(=O)O)C(C)C)[nH]5)cc4)ccc3c2)[nH]1)C(C)C. The lowest BCUT2D eigenvalue weighted by molar-refractivity contribution is -0.138. The smallest absolute Gasteiger partial charge is 0.407 e. The predicted octanol–water partition coefficient (Wildman–Crippen LogP) is 8.06. The number of hydrogen-bond donors (Lipinski definition) is 5. The number of aromatic amines is 2. The average Bonchev–Trinajstić information content (AvgIpc) is 4.05. The number of amides is 4. The summed E-state index contributed by atoms with van der Waals surface area (Å²) in [5, 5.41) is 16.7. The molecular weight excluding hydrogens is 749 g/mol. The van der Waals surface area contributed by atoms with Gasteiger partial charge in [0.15, 0.2) is 0 Å². The van der Waals surface area contributed by atoms with E-state index in [1.807, 2.05) is 52.6 Å². The zero-order valence-electron chi connectivity index (χ0n) is 34.7. The van der Waals surface area contributed by atoms with Crippen molar-refractivity contribution in [3.63, 3.8) is 0 Å². The Hall–Kier alpha value is -6.18. The molecule has 6 atom stereocenters. The minimum Gasteiger partial charge on any atom is -0.465 e. The molecule has 2 saturated heterocycles. The van der Waals surface area contributed by atoms with Crippen LogP contribution in [0.5, 0.6) is 0 Å². The number of likely N-dealkylation sites (tertiary alicyclic amines) is 2. The third-order valence-corrected chi connectivity index (χ3v) is 12.0. The number of alkyl carbamates (subject to hydrolysis) is 1. The molecule has 2 aliphatic rings. The van der Waals surface area contributed by atoms with Gasteiger partial charge in [-0.1, -0.05) is 76.2 Å². The van der Waals surface area contributed by atoms with E-state index in [-0.39, 0.29) is 47.8 Å². The van der Waals surface area contributed by atoms with Crippen molar-refractivity contribution in [2.45, 2.75) is 103 Å². The third kappa shape index (κ3) is 8.39. The van der Waals surface area contributed by atoms with Crippen LogP contribution < -0.4 is 10.6 Å². The lowest BCUT2D eigenvalue weighted by Gasteiger charge is -2.32. The van der Waals surface area contributed by atoms with Gasteiger partial charge in [-0.3, -0.25) is 9.59 Å². The maximum atomic E-state index is 13.8. The van der Waals surface area contributed by atoms with Crippen molar-refractivity contribution in [1.29, 1.82) is 0 Å². The van der Waals surface area contributed by atoms with E-state index in [4.69, 9.17) is 9.72 Å². The van der Waals surface area contributed by atoms with Crippen molar-refractivity contribution in [2.24, 2.45) is 11.8 Å². The Morgan fingerprint density at radius 2 is 1.10 bits per heavy atom. The number of carbonyl (C=O) groups excluding carboxylic acids is 3. The summed E-state index contributed by atoms with van der Waals surface area (Å²) in [4.78, 5) is 70.9. The summed E-state index contributed by atoms with van der Waals surface area (Å²) in [5.74, 6) is 0.718. The quantitative estimate of drug-likeness (QED) is 0.0888. The normalized spacial score (nSPS) is 20.3. The molecule has 4 heterocycles. The van der Waals surface area contributed by atoms with Gasteiger partial charge in [-0.05, 0) is 91.0 Å². The monoisotopic (exact) mass is 802 g/mol. The minimum absolute atomic E-state index is 0.00312. The number of hydrogen-bond acceptors (Lipinski definition) is 7. The highest BCUT2D eigenvalue weighted by Crippen LogP contribution is 2.39. The molecule has 14 nitrogen and oxygen atoms in total. The number of H-pyrrole nitrogens is 2.